The third-order valence-electron chi connectivity index (χ3n) is 8.86. The molecule has 0 radical (unpaired) electrons. The molecule has 0 spiro atoms. The molecule has 1 aromatic heterocycles. The summed E-state index contributed by atoms with van der Waals surface area (Å²) in [6, 6.07) is 8.77. The van der Waals surface area contributed by atoms with Gasteiger partial charge in [-0.25, -0.2) is 9.97 Å². The van der Waals surface area contributed by atoms with Crippen LogP contribution in [0.15, 0.2) is 55.0 Å². The van der Waals surface area contributed by atoms with Crippen molar-refractivity contribution in [2.24, 2.45) is 17.8 Å². The third kappa shape index (κ3) is 6.37. The lowest BCUT2D eigenvalue weighted by Crippen LogP contribution is -2.36. The van der Waals surface area contributed by atoms with Gasteiger partial charge in [0.05, 0.1) is 6.61 Å². The first-order valence-corrected chi connectivity index (χ1v) is 14.5. The summed E-state index contributed by atoms with van der Waals surface area (Å²) in [6.45, 7) is 14.1. The lowest BCUT2D eigenvalue weighted by atomic mass is 9.84. The molecular weight excluding hydrogens is 456 g/mol. The summed E-state index contributed by atoms with van der Waals surface area (Å²) in [6.07, 6.45) is 15.7. The van der Waals surface area contributed by atoms with Crippen LogP contribution in [0.25, 0.3) is 5.57 Å². The number of piperidine rings is 1. The van der Waals surface area contributed by atoms with Crippen LogP contribution in [0.5, 0.6) is 5.75 Å². The van der Waals surface area contributed by atoms with Crippen molar-refractivity contribution in [2.75, 3.05) is 37.7 Å². The summed E-state index contributed by atoms with van der Waals surface area (Å²) in [5.41, 5.74) is 5.38. The van der Waals surface area contributed by atoms with E-state index in [0.717, 1.165) is 69.4 Å². The van der Waals surface area contributed by atoms with Crippen LogP contribution in [0.4, 0.5) is 5.95 Å². The van der Waals surface area contributed by atoms with Gasteiger partial charge >= 0.3 is 0 Å². The topological polar surface area (TPSA) is 41.5 Å². The van der Waals surface area contributed by atoms with Gasteiger partial charge in [0.15, 0.2) is 0 Å². The highest BCUT2D eigenvalue weighted by Gasteiger charge is 2.27. The molecular formula is C32H44N4O. The minimum atomic E-state index is 0.583. The number of rotatable bonds is 9. The maximum Gasteiger partial charge on any atom is 0.225 e. The standard InChI is InChI=1S/C32H44N4O/c1-4-25-14-19-36(22-25)24(3)28-6-8-29(9-7-28)30-10-12-31(13-11-30)37-23-27-15-17-35(18-16-27)32-33-20-26(5-2)21-34-32/h8,10-13,20-21,25,27-28H,3-7,9,14-19,22-23H2,1-2H3. The van der Waals surface area contributed by atoms with Crippen molar-refractivity contribution in [3.05, 3.63) is 66.1 Å². The van der Waals surface area contributed by atoms with Crippen molar-refractivity contribution < 1.29 is 4.74 Å². The molecule has 2 unspecified atom stereocenters. The number of ether oxygens (including phenoxy) is 1. The molecule has 2 atom stereocenters. The number of aryl methyl sites for hydroxylation is 1. The van der Waals surface area contributed by atoms with E-state index in [0.29, 0.717) is 11.8 Å². The number of benzene rings is 1. The Balaban J connectivity index is 1.06. The highest BCUT2D eigenvalue weighted by molar-refractivity contribution is 5.67. The van der Waals surface area contributed by atoms with Crippen LogP contribution in [0.2, 0.25) is 0 Å². The van der Waals surface area contributed by atoms with Crippen molar-refractivity contribution in [1.82, 2.24) is 14.9 Å². The zero-order valence-corrected chi connectivity index (χ0v) is 22.9. The van der Waals surface area contributed by atoms with E-state index >= 15 is 0 Å². The Hall–Kier alpha value is -2.82. The van der Waals surface area contributed by atoms with E-state index in [1.165, 1.54) is 54.7 Å². The molecule has 5 rings (SSSR count). The highest BCUT2D eigenvalue weighted by atomic mass is 16.5. The summed E-state index contributed by atoms with van der Waals surface area (Å²) >= 11 is 0. The van der Waals surface area contributed by atoms with E-state index < -0.39 is 0 Å². The van der Waals surface area contributed by atoms with Crippen LogP contribution in [0.1, 0.15) is 69.9 Å². The number of aromatic nitrogens is 2. The molecule has 0 saturated carbocycles. The molecule has 2 aromatic rings. The Labute approximate surface area is 223 Å². The van der Waals surface area contributed by atoms with Gasteiger partial charge in [0, 0.05) is 50.2 Å². The first-order valence-electron chi connectivity index (χ1n) is 14.5. The van der Waals surface area contributed by atoms with Crippen LogP contribution in [0, 0.1) is 17.8 Å². The van der Waals surface area contributed by atoms with Crippen LogP contribution in [-0.4, -0.2) is 47.7 Å². The van der Waals surface area contributed by atoms with Gasteiger partial charge in [0.2, 0.25) is 5.95 Å². The van der Waals surface area contributed by atoms with E-state index in [2.05, 4.69) is 70.5 Å². The van der Waals surface area contributed by atoms with Crippen molar-refractivity contribution in [3.63, 3.8) is 0 Å². The second kappa shape index (κ2) is 12.1. The van der Waals surface area contributed by atoms with Gasteiger partial charge in [0.1, 0.15) is 5.75 Å². The first-order chi connectivity index (χ1) is 18.1. The zero-order chi connectivity index (χ0) is 25.6. The second-order valence-electron chi connectivity index (χ2n) is 11.2. The molecule has 3 heterocycles. The Morgan fingerprint density at radius 3 is 2.32 bits per heavy atom. The quantitative estimate of drug-likeness (QED) is 0.380. The number of likely N-dealkylation sites (tertiary alicyclic amines) is 1. The Morgan fingerprint density at radius 2 is 1.70 bits per heavy atom. The molecule has 198 valence electrons. The number of hydrogen-bond acceptors (Lipinski definition) is 5. The summed E-state index contributed by atoms with van der Waals surface area (Å²) in [4.78, 5) is 14.0. The number of anilines is 1. The predicted octanol–water partition coefficient (Wildman–Crippen LogP) is 6.76. The van der Waals surface area contributed by atoms with Crippen molar-refractivity contribution in [2.45, 2.75) is 65.2 Å². The fourth-order valence-corrected chi connectivity index (χ4v) is 6.06. The van der Waals surface area contributed by atoms with Crippen LogP contribution < -0.4 is 9.64 Å². The third-order valence-corrected chi connectivity index (χ3v) is 8.86. The normalized spacial score (nSPS) is 22.7. The molecule has 3 aliphatic rings. The lowest BCUT2D eigenvalue weighted by Gasteiger charge is -2.32. The molecule has 2 aliphatic heterocycles. The van der Waals surface area contributed by atoms with Gasteiger partial charge in [-0.3, -0.25) is 0 Å². The molecule has 5 nitrogen and oxygen atoms in total. The van der Waals surface area contributed by atoms with Crippen LogP contribution in [-0.2, 0) is 6.42 Å². The van der Waals surface area contributed by atoms with E-state index in [4.69, 9.17) is 4.74 Å². The lowest BCUT2D eigenvalue weighted by molar-refractivity contribution is 0.222. The largest absolute Gasteiger partial charge is 0.493 e. The van der Waals surface area contributed by atoms with Crippen LogP contribution in [0.3, 0.4) is 0 Å². The fraction of sp³-hybridized carbons (Fsp3) is 0.562. The first kappa shape index (κ1) is 25.8. The monoisotopic (exact) mass is 500 g/mol. The maximum absolute atomic E-state index is 6.20. The summed E-state index contributed by atoms with van der Waals surface area (Å²) in [5.74, 6) is 3.89. The van der Waals surface area contributed by atoms with E-state index in [9.17, 15) is 0 Å². The molecule has 1 aliphatic carbocycles. The fourth-order valence-electron chi connectivity index (χ4n) is 6.06. The molecule has 0 amide bonds. The predicted molar refractivity (Wildman–Crippen MR) is 153 cm³/mol. The van der Waals surface area contributed by atoms with E-state index in [1.54, 1.807) is 0 Å². The summed E-state index contributed by atoms with van der Waals surface area (Å²) in [5, 5.41) is 0. The van der Waals surface area contributed by atoms with Gasteiger partial charge in [-0.2, -0.15) is 0 Å². The van der Waals surface area contributed by atoms with Crippen molar-refractivity contribution in [3.8, 4) is 5.75 Å². The van der Waals surface area contributed by atoms with Gasteiger partial charge in [-0.1, -0.05) is 45.1 Å². The SMILES string of the molecule is C=C(C1CC=C(c2ccc(OCC3CCN(c4ncc(CC)cn4)CC3)cc2)CC1)N1CCC(CC)C1. The highest BCUT2D eigenvalue weighted by Crippen LogP contribution is 2.36. The Bertz CT molecular complexity index is 1050. The second-order valence-corrected chi connectivity index (χ2v) is 11.2. The average Bonchev–Trinajstić information content (AvgIpc) is 3.46. The minimum Gasteiger partial charge on any atom is -0.493 e. The molecule has 5 heteroatoms. The van der Waals surface area contributed by atoms with Crippen LogP contribution >= 0.6 is 0 Å². The Kier molecular flexibility index (Phi) is 8.48. The number of allylic oxidation sites excluding steroid dienone is 3. The molecule has 37 heavy (non-hydrogen) atoms. The van der Waals surface area contributed by atoms with Gasteiger partial charge in [-0.05, 0) is 85.6 Å². The smallest absolute Gasteiger partial charge is 0.225 e. The zero-order valence-electron chi connectivity index (χ0n) is 22.9. The molecule has 1 aromatic carbocycles. The molecule has 0 bridgehead atoms. The van der Waals surface area contributed by atoms with Gasteiger partial charge in [-0.15, -0.1) is 0 Å². The van der Waals surface area contributed by atoms with E-state index in [1.807, 2.05) is 12.4 Å². The Morgan fingerprint density at radius 1 is 0.973 bits per heavy atom. The number of hydrogen-bond donors (Lipinski definition) is 0. The molecule has 2 fully saturated rings. The molecule has 2 saturated heterocycles. The van der Waals surface area contributed by atoms with Crippen molar-refractivity contribution in [1.29, 1.82) is 0 Å². The van der Waals surface area contributed by atoms with Gasteiger partial charge < -0.3 is 14.5 Å². The van der Waals surface area contributed by atoms with Crippen molar-refractivity contribution >= 4 is 11.5 Å². The van der Waals surface area contributed by atoms with E-state index in [-0.39, 0.29) is 0 Å². The van der Waals surface area contributed by atoms with Gasteiger partial charge in [0.25, 0.3) is 0 Å². The summed E-state index contributed by atoms with van der Waals surface area (Å²) < 4.78 is 6.20. The average molecular weight is 501 g/mol. The molecule has 0 N–H and O–H groups in total. The summed E-state index contributed by atoms with van der Waals surface area (Å²) in [7, 11) is 0. The maximum atomic E-state index is 6.20. The number of nitrogens with zero attached hydrogens (tertiary/aromatic N) is 4. The minimum absolute atomic E-state index is 0.583.